The average Bonchev–Trinajstić information content (AvgIpc) is 2.20. The Balaban J connectivity index is 3.13. The first-order valence-electron chi connectivity index (χ1n) is 4.38. The van der Waals surface area contributed by atoms with E-state index in [0.29, 0.717) is 4.31 Å². The minimum Gasteiger partial charge on any atom is -0.480 e. The van der Waals surface area contributed by atoms with E-state index in [2.05, 4.69) is 15.9 Å². The summed E-state index contributed by atoms with van der Waals surface area (Å²) < 4.78 is 37.6. The molecule has 94 valence electrons. The minimum atomic E-state index is -3.98. The van der Waals surface area contributed by atoms with Crippen molar-refractivity contribution in [3.05, 3.63) is 28.5 Å². The summed E-state index contributed by atoms with van der Waals surface area (Å²) in [6.45, 7) is -0.681. The second kappa shape index (κ2) is 5.11. The van der Waals surface area contributed by atoms with Gasteiger partial charge in [-0.05, 0) is 34.1 Å². The number of carbonyl (C=O) groups is 1. The first-order chi connectivity index (χ1) is 7.75. The number of rotatable bonds is 4. The van der Waals surface area contributed by atoms with E-state index in [-0.39, 0.29) is 9.37 Å². The van der Waals surface area contributed by atoms with Gasteiger partial charge >= 0.3 is 5.97 Å². The Bertz CT molecular complexity index is 546. The van der Waals surface area contributed by atoms with Crippen molar-refractivity contribution in [3.8, 4) is 0 Å². The zero-order valence-corrected chi connectivity index (χ0v) is 11.1. The maximum absolute atomic E-state index is 13.2. The molecule has 0 fully saturated rings. The summed E-state index contributed by atoms with van der Waals surface area (Å²) >= 11 is 2.90. The number of aliphatic carboxylic acids is 1. The molecule has 8 heteroatoms. The van der Waals surface area contributed by atoms with Crippen LogP contribution in [0.5, 0.6) is 0 Å². The van der Waals surface area contributed by atoms with Crippen LogP contribution in [0.25, 0.3) is 0 Å². The summed E-state index contributed by atoms with van der Waals surface area (Å²) in [6.07, 6.45) is 0. The van der Waals surface area contributed by atoms with Crippen molar-refractivity contribution in [2.45, 2.75) is 4.90 Å². The molecular formula is C9H9BrFNO4S. The summed E-state index contributed by atoms with van der Waals surface area (Å²) in [6, 6.07) is 3.27. The summed E-state index contributed by atoms with van der Waals surface area (Å²) in [5.74, 6) is -2.01. The van der Waals surface area contributed by atoms with Crippen LogP contribution in [0.4, 0.5) is 4.39 Å². The lowest BCUT2D eigenvalue weighted by molar-refractivity contribution is -0.137. The standard InChI is InChI=1S/C9H9BrFNO4S/c1-12(5-9(13)14)17(15,16)6-2-3-7(10)8(11)4-6/h2-4H,5H2,1H3,(H,13,14). The highest BCUT2D eigenvalue weighted by atomic mass is 79.9. The molecule has 0 amide bonds. The summed E-state index contributed by atoms with van der Waals surface area (Å²) in [5.41, 5.74) is 0. The predicted octanol–water partition coefficient (Wildman–Crippen LogP) is 1.29. The van der Waals surface area contributed by atoms with E-state index in [1.807, 2.05) is 0 Å². The van der Waals surface area contributed by atoms with Gasteiger partial charge in [-0.1, -0.05) is 0 Å². The van der Waals surface area contributed by atoms with Gasteiger partial charge in [-0.2, -0.15) is 4.31 Å². The Morgan fingerprint density at radius 2 is 2.12 bits per heavy atom. The highest BCUT2D eigenvalue weighted by molar-refractivity contribution is 9.10. The number of benzene rings is 1. The van der Waals surface area contributed by atoms with Crippen LogP contribution in [-0.2, 0) is 14.8 Å². The molecule has 5 nitrogen and oxygen atoms in total. The lowest BCUT2D eigenvalue weighted by Gasteiger charge is -2.14. The zero-order valence-electron chi connectivity index (χ0n) is 8.72. The predicted molar refractivity (Wildman–Crippen MR) is 61.6 cm³/mol. The van der Waals surface area contributed by atoms with Crippen LogP contribution in [0.15, 0.2) is 27.6 Å². The summed E-state index contributed by atoms with van der Waals surface area (Å²) in [7, 11) is -2.87. The van der Waals surface area contributed by atoms with Crippen LogP contribution in [0.1, 0.15) is 0 Å². The van der Waals surface area contributed by atoms with Gasteiger partial charge in [0.25, 0.3) is 0 Å². The molecular weight excluding hydrogens is 317 g/mol. The Morgan fingerprint density at radius 3 is 2.59 bits per heavy atom. The van der Waals surface area contributed by atoms with E-state index in [9.17, 15) is 17.6 Å². The van der Waals surface area contributed by atoms with Gasteiger partial charge in [0, 0.05) is 7.05 Å². The third kappa shape index (κ3) is 3.24. The average molecular weight is 326 g/mol. The summed E-state index contributed by atoms with van der Waals surface area (Å²) in [4.78, 5) is 10.1. The topological polar surface area (TPSA) is 74.7 Å². The quantitative estimate of drug-likeness (QED) is 0.905. The number of hydrogen-bond donors (Lipinski definition) is 1. The largest absolute Gasteiger partial charge is 0.480 e. The van der Waals surface area contributed by atoms with E-state index in [1.54, 1.807) is 0 Å². The molecule has 0 saturated heterocycles. The van der Waals surface area contributed by atoms with Crippen molar-refractivity contribution >= 4 is 31.9 Å². The van der Waals surface area contributed by atoms with E-state index in [0.717, 1.165) is 13.1 Å². The Labute approximate surface area is 106 Å². The van der Waals surface area contributed by atoms with Crippen LogP contribution in [0, 0.1) is 5.82 Å². The molecule has 0 saturated carbocycles. The van der Waals surface area contributed by atoms with E-state index in [4.69, 9.17) is 5.11 Å². The maximum atomic E-state index is 13.2. The number of carboxylic acids is 1. The Morgan fingerprint density at radius 1 is 1.53 bits per heavy atom. The lowest BCUT2D eigenvalue weighted by atomic mass is 10.3. The SMILES string of the molecule is CN(CC(=O)O)S(=O)(=O)c1ccc(Br)c(F)c1. The van der Waals surface area contributed by atoms with Crippen molar-refractivity contribution in [2.75, 3.05) is 13.6 Å². The molecule has 0 heterocycles. The molecule has 1 aromatic carbocycles. The lowest BCUT2D eigenvalue weighted by Crippen LogP contribution is -2.32. The smallest absolute Gasteiger partial charge is 0.318 e. The Kier molecular flexibility index (Phi) is 4.23. The number of halogens is 2. The molecule has 0 aliphatic carbocycles. The normalized spacial score (nSPS) is 11.8. The third-order valence-corrected chi connectivity index (χ3v) is 4.40. The second-order valence-electron chi connectivity index (χ2n) is 3.23. The number of likely N-dealkylation sites (N-methyl/N-ethyl adjacent to an activating group) is 1. The van der Waals surface area contributed by atoms with Crippen LogP contribution in [0.3, 0.4) is 0 Å². The first-order valence-corrected chi connectivity index (χ1v) is 6.61. The highest BCUT2D eigenvalue weighted by Gasteiger charge is 2.23. The fourth-order valence-corrected chi connectivity index (χ4v) is 2.47. The molecule has 0 aliphatic rings. The highest BCUT2D eigenvalue weighted by Crippen LogP contribution is 2.21. The van der Waals surface area contributed by atoms with E-state index >= 15 is 0 Å². The molecule has 17 heavy (non-hydrogen) atoms. The van der Waals surface area contributed by atoms with Gasteiger partial charge in [0.2, 0.25) is 10.0 Å². The third-order valence-electron chi connectivity index (χ3n) is 1.96. The van der Waals surface area contributed by atoms with Crippen LogP contribution in [0.2, 0.25) is 0 Å². The molecule has 1 rings (SSSR count). The molecule has 0 spiro atoms. The van der Waals surface area contributed by atoms with Crippen LogP contribution < -0.4 is 0 Å². The fourth-order valence-electron chi connectivity index (χ4n) is 1.09. The fraction of sp³-hybridized carbons (Fsp3) is 0.222. The van der Waals surface area contributed by atoms with Gasteiger partial charge in [-0.25, -0.2) is 12.8 Å². The van der Waals surface area contributed by atoms with E-state index in [1.165, 1.54) is 12.1 Å². The van der Waals surface area contributed by atoms with Gasteiger partial charge in [0.05, 0.1) is 9.37 Å². The van der Waals surface area contributed by atoms with Crippen LogP contribution >= 0.6 is 15.9 Å². The van der Waals surface area contributed by atoms with Crippen molar-refractivity contribution in [1.82, 2.24) is 4.31 Å². The molecule has 0 bridgehead atoms. The molecule has 0 unspecified atom stereocenters. The first kappa shape index (κ1) is 14.1. The van der Waals surface area contributed by atoms with Gasteiger partial charge in [-0.15, -0.1) is 0 Å². The van der Waals surface area contributed by atoms with Crippen molar-refractivity contribution in [1.29, 1.82) is 0 Å². The molecule has 0 aliphatic heterocycles. The van der Waals surface area contributed by atoms with Crippen molar-refractivity contribution in [2.24, 2.45) is 0 Å². The van der Waals surface area contributed by atoms with Gasteiger partial charge in [0.15, 0.2) is 0 Å². The zero-order chi connectivity index (χ0) is 13.2. The molecule has 0 radical (unpaired) electrons. The number of sulfonamides is 1. The van der Waals surface area contributed by atoms with Crippen LogP contribution in [-0.4, -0.2) is 37.4 Å². The molecule has 1 N–H and O–H groups in total. The minimum absolute atomic E-state index is 0.136. The van der Waals surface area contributed by atoms with Crippen molar-refractivity contribution < 1.29 is 22.7 Å². The number of nitrogens with zero attached hydrogens (tertiary/aromatic N) is 1. The summed E-state index contributed by atoms with van der Waals surface area (Å²) in [5, 5.41) is 8.51. The molecule has 0 atom stereocenters. The number of hydrogen-bond acceptors (Lipinski definition) is 3. The van der Waals surface area contributed by atoms with Crippen molar-refractivity contribution in [3.63, 3.8) is 0 Å². The maximum Gasteiger partial charge on any atom is 0.318 e. The van der Waals surface area contributed by atoms with Gasteiger partial charge in [-0.3, -0.25) is 4.79 Å². The molecule has 1 aromatic rings. The number of carboxylic acid groups (broad SMARTS) is 1. The van der Waals surface area contributed by atoms with Gasteiger partial charge < -0.3 is 5.11 Å². The Hall–Kier alpha value is -0.990. The van der Waals surface area contributed by atoms with E-state index < -0.39 is 28.4 Å². The van der Waals surface area contributed by atoms with Gasteiger partial charge in [0.1, 0.15) is 12.4 Å². The second-order valence-corrected chi connectivity index (χ2v) is 6.13. The molecule has 0 aromatic heterocycles. The monoisotopic (exact) mass is 325 g/mol.